The molecule has 0 aliphatic carbocycles. The number of nitrogens with one attached hydrogen (secondary N) is 2. The Morgan fingerprint density at radius 3 is 2.77 bits per heavy atom. The Bertz CT molecular complexity index is 1110. The largest absolute Gasteiger partial charge is 0.492 e. The summed E-state index contributed by atoms with van der Waals surface area (Å²) in [6, 6.07) is 16.4. The number of para-hydroxylation sites is 1. The molecule has 0 bridgehead atoms. The lowest BCUT2D eigenvalue weighted by atomic mass is 9.90. The maximum atomic E-state index is 15.1. The van der Waals surface area contributed by atoms with Crippen molar-refractivity contribution < 1.29 is 21.1 Å². The second-order valence-electron chi connectivity index (χ2n) is 9.04. The highest BCUT2D eigenvalue weighted by molar-refractivity contribution is 5.85. The van der Waals surface area contributed by atoms with E-state index in [4.69, 9.17) is 9.47 Å². The Hall–Kier alpha value is -2.74. The van der Waals surface area contributed by atoms with Gasteiger partial charge in [0.15, 0.2) is 5.67 Å². The first-order chi connectivity index (χ1) is 17.2. The van der Waals surface area contributed by atoms with Crippen LogP contribution in [0.15, 0.2) is 61.7 Å². The quantitative estimate of drug-likeness (QED) is 0.294. The van der Waals surface area contributed by atoms with Crippen molar-refractivity contribution in [2.45, 2.75) is 24.6 Å². The smallest absolute Gasteiger partial charge is 0.169 e. The third-order valence-corrected chi connectivity index (χ3v) is 6.55. The number of benzene rings is 2. The van der Waals surface area contributed by atoms with Gasteiger partial charge in [0.25, 0.3) is 0 Å². The van der Waals surface area contributed by atoms with Crippen LogP contribution in [0.25, 0.3) is 10.9 Å². The second-order valence-corrected chi connectivity index (χ2v) is 9.04. The Morgan fingerprint density at radius 1 is 1.17 bits per heavy atom. The Morgan fingerprint density at radius 2 is 2.00 bits per heavy atom. The number of halogens is 2. The van der Waals surface area contributed by atoms with Crippen molar-refractivity contribution in [2.75, 3.05) is 52.7 Å². The lowest BCUT2D eigenvalue weighted by Gasteiger charge is -2.43. The fourth-order valence-corrected chi connectivity index (χ4v) is 4.95. The number of H-pyrrole nitrogens is 1. The van der Waals surface area contributed by atoms with Crippen LogP contribution in [-0.2, 0) is 11.2 Å². The molecular weight excluding hydrogens is 448 g/mol. The molecule has 7 heteroatoms. The molecule has 0 radical (unpaired) electrons. The Labute approximate surface area is 209 Å². The van der Waals surface area contributed by atoms with Gasteiger partial charge in [-0.2, -0.15) is 0 Å². The maximum Gasteiger partial charge on any atom is 0.169 e. The van der Waals surface area contributed by atoms with E-state index in [0.717, 1.165) is 35.5 Å². The highest BCUT2D eigenvalue weighted by atomic mass is 19.1. The molecular formula is C28H39F2N3O2. The monoisotopic (exact) mass is 487 g/mol. The van der Waals surface area contributed by atoms with Gasteiger partial charge in [0.05, 0.1) is 25.9 Å². The zero-order valence-electron chi connectivity index (χ0n) is 20.2. The SMILES string of the molecule is C=C.FCCCNCCOc1cccc([C@@H]2c3[nH]c4ccccc4c3CCN2CC2(F)COC2)c1.[HH].[HH]. The van der Waals surface area contributed by atoms with E-state index >= 15 is 4.39 Å². The lowest BCUT2D eigenvalue weighted by molar-refractivity contribution is -0.144. The fourth-order valence-electron chi connectivity index (χ4n) is 4.95. The van der Waals surface area contributed by atoms with Gasteiger partial charge in [-0.05, 0) is 48.7 Å². The summed E-state index contributed by atoms with van der Waals surface area (Å²) in [4.78, 5) is 5.86. The van der Waals surface area contributed by atoms with Crippen LogP contribution in [0.1, 0.15) is 32.1 Å². The maximum absolute atomic E-state index is 15.1. The molecule has 1 saturated heterocycles. The predicted molar refractivity (Wildman–Crippen MR) is 141 cm³/mol. The normalized spacial score (nSPS) is 18.9. The van der Waals surface area contributed by atoms with E-state index in [1.54, 1.807) is 0 Å². The highest BCUT2D eigenvalue weighted by Gasteiger charge is 2.43. The number of alkyl halides is 2. The number of rotatable bonds is 10. The molecule has 35 heavy (non-hydrogen) atoms. The van der Waals surface area contributed by atoms with Gasteiger partial charge in [0.2, 0.25) is 0 Å². The number of nitrogens with zero attached hydrogens (tertiary/aromatic N) is 1. The molecule has 1 aromatic heterocycles. The van der Waals surface area contributed by atoms with Gasteiger partial charge < -0.3 is 19.8 Å². The van der Waals surface area contributed by atoms with Crippen LogP contribution in [0.5, 0.6) is 5.75 Å². The van der Waals surface area contributed by atoms with E-state index < -0.39 is 5.67 Å². The van der Waals surface area contributed by atoms with Crippen LogP contribution in [0, 0.1) is 0 Å². The van der Waals surface area contributed by atoms with Crippen molar-refractivity contribution in [3.8, 4) is 5.75 Å². The van der Waals surface area contributed by atoms with E-state index in [2.05, 4.69) is 58.7 Å². The minimum Gasteiger partial charge on any atom is -0.492 e. The molecule has 192 valence electrons. The molecule has 5 rings (SSSR count). The van der Waals surface area contributed by atoms with Crippen molar-refractivity contribution in [3.63, 3.8) is 0 Å². The first-order valence-corrected chi connectivity index (χ1v) is 12.3. The molecule has 2 aliphatic heterocycles. The standard InChI is InChI=1S/C26H31F2N3O2.C2H4.2H2/c27-10-4-11-29-12-14-33-20-6-3-5-19(15-20)25-24-22(21-7-1-2-8-23(21)30-24)9-13-31(25)16-26(28)17-32-18-26;1-2;;/h1-3,5-8,15,25,29-30H,4,9-14,16-18H2;1-2H2;2*1H/t25-;;;/m1.../s1. The predicted octanol–water partition coefficient (Wildman–Crippen LogP) is 5.48. The van der Waals surface area contributed by atoms with Crippen LogP contribution < -0.4 is 10.1 Å². The van der Waals surface area contributed by atoms with Crippen molar-refractivity contribution in [3.05, 3.63) is 78.5 Å². The van der Waals surface area contributed by atoms with Crippen LogP contribution in [-0.4, -0.2) is 68.2 Å². The van der Waals surface area contributed by atoms with Crippen LogP contribution >= 0.6 is 0 Å². The molecule has 1 fully saturated rings. The van der Waals surface area contributed by atoms with Crippen LogP contribution in [0.3, 0.4) is 0 Å². The van der Waals surface area contributed by atoms with Gasteiger partial charge in [-0.25, -0.2) is 4.39 Å². The van der Waals surface area contributed by atoms with Crippen molar-refractivity contribution >= 4 is 10.9 Å². The number of aromatic nitrogens is 1. The summed E-state index contributed by atoms with van der Waals surface area (Å²) in [5.41, 5.74) is 3.35. The van der Waals surface area contributed by atoms with Crippen LogP contribution in [0.2, 0.25) is 0 Å². The molecule has 2 aliphatic rings. The summed E-state index contributed by atoms with van der Waals surface area (Å²) in [7, 11) is 0. The van der Waals surface area contributed by atoms with E-state index in [1.807, 2.05) is 18.2 Å². The third kappa shape index (κ3) is 5.74. The number of aromatic amines is 1. The van der Waals surface area contributed by atoms with Gasteiger partial charge in [0, 0.05) is 39.1 Å². The van der Waals surface area contributed by atoms with Crippen LogP contribution in [0.4, 0.5) is 8.78 Å². The van der Waals surface area contributed by atoms with Gasteiger partial charge in [-0.1, -0.05) is 30.3 Å². The van der Waals surface area contributed by atoms with E-state index in [1.165, 1.54) is 10.9 Å². The molecule has 3 aromatic rings. The minimum absolute atomic E-state index is 0. The molecule has 3 heterocycles. The molecule has 0 amide bonds. The zero-order chi connectivity index (χ0) is 24.7. The molecule has 1 atom stereocenters. The summed E-state index contributed by atoms with van der Waals surface area (Å²) in [6.07, 6.45) is 1.40. The van der Waals surface area contributed by atoms with Crippen molar-refractivity contribution in [2.24, 2.45) is 0 Å². The van der Waals surface area contributed by atoms with Gasteiger partial charge >= 0.3 is 0 Å². The summed E-state index contributed by atoms with van der Waals surface area (Å²) in [5.74, 6) is 0.782. The lowest BCUT2D eigenvalue weighted by Crippen LogP contribution is -2.55. The highest BCUT2D eigenvalue weighted by Crippen LogP contribution is 2.40. The van der Waals surface area contributed by atoms with Crippen molar-refractivity contribution in [1.29, 1.82) is 0 Å². The Balaban J connectivity index is 0.00000118. The summed E-state index contributed by atoms with van der Waals surface area (Å²) in [5, 5.41) is 4.42. The van der Waals surface area contributed by atoms with Crippen molar-refractivity contribution in [1.82, 2.24) is 15.2 Å². The number of hydrogen-bond acceptors (Lipinski definition) is 4. The minimum atomic E-state index is -1.29. The van der Waals surface area contributed by atoms with E-state index in [0.29, 0.717) is 32.7 Å². The Kier molecular flexibility index (Phi) is 8.55. The average molecular weight is 488 g/mol. The first kappa shape index (κ1) is 25.4. The third-order valence-electron chi connectivity index (χ3n) is 6.55. The topological polar surface area (TPSA) is 49.5 Å². The van der Waals surface area contributed by atoms with E-state index in [-0.39, 0.29) is 28.8 Å². The summed E-state index contributed by atoms with van der Waals surface area (Å²) >= 11 is 0. The van der Waals surface area contributed by atoms with Gasteiger partial charge in [-0.15, -0.1) is 13.2 Å². The number of hydrogen-bond donors (Lipinski definition) is 2. The summed E-state index contributed by atoms with van der Waals surface area (Å²) < 4.78 is 38.5. The molecule has 0 saturated carbocycles. The number of ether oxygens (including phenoxy) is 2. The molecule has 5 nitrogen and oxygen atoms in total. The van der Waals surface area contributed by atoms with Gasteiger partial charge in [0.1, 0.15) is 12.4 Å². The zero-order valence-corrected chi connectivity index (χ0v) is 20.2. The first-order valence-electron chi connectivity index (χ1n) is 12.3. The second kappa shape index (κ2) is 11.8. The molecule has 2 aromatic carbocycles. The fraction of sp³-hybridized carbons (Fsp3) is 0.429. The molecule has 2 N–H and O–H groups in total. The summed E-state index contributed by atoms with van der Waals surface area (Å²) in [6.45, 7) is 8.96. The molecule has 0 spiro atoms. The van der Waals surface area contributed by atoms with Gasteiger partial charge in [-0.3, -0.25) is 9.29 Å². The average Bonchev–Trinajstić information content (AvgIpc) is 3.25. The van der Waals surface area contributed by atoms with E-state index in [9.17, 15) is 4.39 Å². The number of fused-ring (bicyclic) bond motifs is 3. The molecule has 0 unspecified atom stereocenters.